The molecule has 17 heteroatoms. The zero-order valence-electron chi connectivity index (χ0n) is 18.5. The second-order valence-electron chi connectivity index (χ2n) is 7.16. The highest BCUT2D eigenvalue weighted by molar-refractivity contribution is 14.1. The molecule has 0 saturated heterocycles. The van der Waals surface area contributed by atoms with Crippen molar-refractivity contribution < 1.29 is 54.3 Å². The SMILES string of the molecule is O=C(Oc1c(F)c(F)c(S(=O)(=O)O)c(F)c1F)c1ccc(OCCOC(=O)c2cc(I)cc(I)c2I)c(I)c1. The molecule has 39 heavy (non-hydrogen) atoms. The minimum absolute atomic E-state index is 0.0573. The second-order valence-corrected chi connectivity index (χ2v) is 13.2. The van der Waals surface area contributed by atoms with Gasteiger partial charge in [-0.2, -0.15) is 17.2 Å². The van der Waals surface area contributed by atoms with Crippen molar-refractivity contribution in [1.29, 1.82) is 0 Å². The highest BCUT2D eigenvalue weighted by atomic mass is 127. The van der Waals surface area contributed by atoms with Crippen molar-refractivity contribution in [2.24, 2.45) is 0 Å². The lowest BCUT2D eigenvalue weighted by molar-refractivity contribution is 0.0448. The molecule has 0 heterocycles. The first kappa shape index (κ1) is 32.5. The van der Waals surface area contributed by atoms with Crippen LogP contribution in [0.1, 0.15) is 20.7 Å². The molecule has 208 valence electrons. The molecule has 1 N–H and O–H groups in total. The summed E-state index contributed by atoms with van der Waals surface area (Å²) in [6, 6.07) is 7.19. The van der Waals surface area contributed by atoms with Crippen molar-refractivity contribution in [3.63, 3.8) is 0 Å². The normalized spacial score (nSPS) is 11.3. The summed E-state index contributed by atoms with van der Waals surface area (Å²) in [6.45, 7) is -0.162. The molecule has 3 aromatic carbocycles. The fraction of sp³-hybridized carbons (Fsp3) is 0.0909. The zero-order chi connectivity index (χ0) is 29.2. The Bertz CT molecular complexity index is 1570. The summed E-state index contributed by atoms with van der Waals surface area (Å²) in [5.74, 6) is -13.2. The van der Waals surface area contributed by atoms with E-state index in [-0.39, 0.29) is 24.5 Å². The Morgan fingerprint density at radius 2 is 1.44 bits per heavy atom. The monoisotopic (exact) mass is 1020 g/mol. The molecule has 3 aromatic rings. The Morgan fingerprint density at radius 3 is 2.00 bits per heavy atom. The van der Waals surface area contributed by atoms with E-state index in [0.29, 0.717) is 9.13 Å². The van der Waals surface area contributed by atoms with Gasteiger partial charge in [-0.25, -0.2) is 18.4 Å². The van der Waals surface area contributed by atoms with E-state index < -0.39 is 56.0 Å². The van der Waals surface area contributed by atoms with Gasteiger partial charge in [-0.3, -0.25) is 4.55 Å². The number of halogens is 8. The molecule has 0 saturated carbocycles. The van der Waals surface area contributed by atoms with Crippen molar-refractivity contribution in [3.05, 3.63) is 79.0 Å². The third-order valence-electron chi connectivity index (χ3n) is 4.59. The lowest BCUT2D eigenvalue weighted by Crippen LogP contribution is -2.16. The summed E-state index contributed by atoms with van der Waals surface area (Å²) < 4.78 is 105. The Kier molecular flexibility index (Phi) is 11.1. The lowest BCUT2D eigenvalue weighted by Gasteiger charge is -2.12. The second kappa shape index (κ2) is 13.3. The summed E-state index contributed by atoms with van der Waals surface area (Å²) in [4.78, 5) is 22.5. The number of benzene rings is 3. The number of hydrogen-bond donors (Lipinski definition) is 1. The average molecular weight is 1020 g/mol. The number of esters is 2. The first-order valence-electron chi connectivity index (χ1n) is 9.93. The highest BCUT2D eigenvalue weighted by Gasteiger charge is 2.34. The van der Waals surface area contributed by atoms with Crippen LogP contribution in [0.5, 0.6) is 11.5 Å². The van der Waals surface area contributed by atoms with Gasteiger partial charge < -0.3 is 14.2 Å². The van der Waals surface area contributed by atoms with E-state index >= 15 is 0 Å². The van der Waals surface area contributed by atoms with Gasteiger partial charge in [0.1, 0.15) is 19.0 Å². The first-order chi connectivity index (χ1) is 18.1. The van der Waals surface area contributed by atoms with Crippen LogP contribution in [0.4, 0.5) is 17.6 Å². The molecular formula is C22H10F4I4O8S. The van der Waals surface area contributed by atoms with Crippen LogP contribution < -0.4 is 9.47 Å². The van der Waals surface area contributed by atoms with Crippen LogP contribution in [-0.2, 0) is 14.9 Å². The van der Waals surface area contributed by atoms with Crippen LogP contribution >= 0.6 is 90.4 Å². The minimum atomic E-state index is -5.67. The number of hydrogen-bond acceptors (Lipinski definition) is 7. The number of carbonyl (C=O) groups is 2. The highest BCUT2D eigenvalue weighted by Crippen LogP contribution is 2.33. The molecule has 3 rings (SSSR count). The summed E-state index contributed by atoms with van der Waals surface area (Å²) in [6.07, 6.45) is 0. The fourth-order valence-corrected chi connectivity index (χ4v) is 6.55. The maximum absolute atomic E-state index is 14.2. The van der Waals surface area contributed by atoms with Crippen LogP contribution in [0.3, 0.4) is 0 Å². The number of carbonyl (C=O) groups excluding carboxylic acids is 2. The zero-order valence-corrected chi connectivity index (χ0v) is 28.0. The maximum Gasteiger partial charge on any atom is 0.343 e. The topological polar surface area (TPSA) is 116 Å². The van der Waals surface area contributed by atoms with Crippen molar-refractivity contribution in [2.75, 3.05) is 13.2 Å². The van der Waals surface area contributed by atoms with E-state index in [9.17, 15) is 35.6 Å². The third-order valence-corrected chi connectivity index (χ3v) is 9.98. The average Bonchev–Trinajstić information content (AvgIpc) is 2.85. The van der Waals surface area contributed by atoms with Crippen LogP contribution in [0.2, 0.25) is 0 Å². The molecule has 0 aliphatic carbocycles. The molecule has 0 spiro atoms. The molecule has 0 aliphatic heterocycles. The largest absolute Gasteiger partial charge is 0.489 e. The summed E-state index contributed by atoms with van der Waals surface area (Å²) in [5.41, 5.74) is 0.101. The van der Waals surface area contributed by atoms with E-state index in [1.54, 1.807) is 28.7 Å². The molecule has 0 bridgehead atoms. The van der Waals surface area contributed by atoms with Crippen LogP contribution in [0.15, 0.2) is 35.2 Å². The Morgan fingerprint density at radius 1 is 0.821 bits per heavy atom. The molecule has 0 unspecified atom stereocenters. The van der Waals surface area contributed by atoms with Gasteiger partial charge in [-0.15, -0.1) is 0 Å². The minimum Gasteiger partial charge on any atom is -0.489 e. The van der Waals surface area contributed by atoms with Crippen molar-refractivity contribution in [3.8, 4) is 11.5 Å². The predicted molar refractivity (Wildman–Crippen MR) is 161 cm³/mol. The van der Waals surface area contributed by atoms with Gasteiger partial charge in [-0.05, 0) is 121 Å². The van der Waals surface area contributed by atoms with Crippen molar-refractivity contribution >= 4 is 112 Å². The van der Waals surface area contributed by atoms with E-state index in [0.717, 1.165) is 16.8 Å². The molecule has 8 nitrogen and oxygen atoms in total. The fourth-order valence-electron chi connectivity index (χ4n) is 2.87. The molecule has 0 aliphatic rings. The van der Waals surface area contributed by atoms with E-state index in [4.69, 9.17) is 14.0 Å². The molecule has 0 amide bonds. The predicted octanol–water partition coefficient (Wildman–Crippen LogP) is 6.36. The van der Waals surface area contributed by atoms with E-state index in [1.807, 2.05) is 28.7 Å². The van der Waals surface area contributed by atoms with Gasteiger partial charge in [-0.1, -0.05) is 0 Å². The third kappa shape index (κ3) is 7.62. The smallest absolute Gasteiger partial charge is 0.343 e. The van der Waals surface area contributed by atoms with Gasteiger partial charge in [0.15, 0.2) is 16.5 Å². The Balaban J connectivity index is 1.67. The molecule has 0 fully saturated rings. The first-order valence-corrected chi connectivity index (χ1v) is 15.7. The molecular weight excluding hydrogens is 1010 g/mol. The van der Waals surface area contributed by atoms with Crippen molar-refractivity contribution in [2.45, 2.75) is 4.90 Å². The summed E-state index contributed by atoms with van der Waals surface area (Å²) >= 11 is 8.00. The Labute approximate surface area is 272 Å². The van der Waals surface area contributed by atoms with Crippen molar-refractivity contribution in [1.82, 2.24) is 0 Å². The Hall–Kier alpha value is -1.05. The lowest BCUT2D eigenvalue weighted by atomic mass is 10.2. The molecule has 0 atom stereocenters. The summed E-state index contributed by atoms with van der Waals surface area (Å²) in [7, 11) is -5.67. The van der Waals surface area contributed by atoms with E-state index in [2.05, 4.69) is 49.9 Å². The molecule has 0 aromatic heterocycles. The number of ether oxygens (including phenoxy) is 3. The van der Waals surface area contributed by atoms with Crippen LogP contribution in [-0.4, -0.2) is 38.1 Å². The van der Waals surface area contributed by atoms with Gasteiger partial charge >= 0.3 is 22.1 Å². The van der Waals surface area contributed by atoms with Gasteiger partial charge in [0.2, 0.25) is 17.4 Å². The van der Waals surface area contributed by atoms with Crippen LogP contribution in [0, 0.1) is 37.5 Å². The maximum atomic E-state index is 14.2. The quantitative estimate of drug-likeness (QED) is 0.0528. The van der Waals surface area contributed by atoms with E-state index in [1.165, 1.54) is 12.1 Å². The summed E-state index contributed by atoms with van der Waals surface area (Å²) in [5, 5.41) is 0. The van der Waals surface area contributed by atoms with Crippen LogP contribution in [0.25, 0.3) is 0 Å². The van der Waals surface area contributed by atoms with Gasteiger partial charge in [0, 0.05) is 10.7 Å². The standard InChI is InChI=1S/C22H10F4I4O8S/c23-14-16(25)20(39(33,34)35)17(26)15(24)19(14)38-21(31)8-1-2-13(11(28)5-8)36-3-4-37-22(32)10-6-9(27)7-12(29)18(10)30/h1-2,5-7H,3-4H2,(H,33,34,35). The molecule has 0 radical (unpaired) electrons. The van der Waals surface area contributed by atoms with Gasteiger partial charge in [0.05, 0.1) is 14.7 Å². The van der Waals surface area contributed by atoms with Gasteiger partial charge in [0.25, 0.3) is 0 Å². The number of rotatable bonds is 8.